The van der Waals surface area contributed by atoms with E-state index in [-0.39, 0.29) is 37.4 Å². The molecule has 0 saturated carbocycles. The van der Waals surface area contributed by atoms with Crippen LogP contribution in [0.1, 0.15) is 57.5 Å². The van der Waals surface area contributed by atoms with E-state index < -0.39 is 53.8 Å². The van der Waals surface area contributed by atoms with Crippen molar-refractivity contribution in [1.29, 1.82) is 0 Å². The third-order valence-electron chi connectivity index (χ3n) is 6.94. The highest BCUT2D eigenvalue weighted by Crippen LogP contribution is 2.35. The van der Waals surface area contributed by atoms with Crippen LogP contribution in [-0.2, 0) is 5.66 Å². The Morgan fingerprint density at radius 2 is 1.32 bits per heavy atom. The summed E-state index contributed by atoms with van der Waals surface area (Å²) in [4.78, 5) is 81.6. The van der Waals surface area contributed by atoms with Crippen LogP contribution in [0.15, 0.2) is 57.8 Å². The van der Waals surface area contributed by atoms with E-state index in [0.717, 1.165) is 19.9 Å². The molecule has 0 saturated heterocycles. The normalized spacial score (nSPS) is 19.7. The zero-order chi connectivity index (χ0) is 27.1. The van der Waals surface area contributed by atoms with E-state index >= 15 is 0 Å². The second-order valence-electron chi connectivity index (χ2n) is 9.30. The predicted octanol–water partition coefficient (Wildman–Crippen LogP) is 2.56. The van der Waals surface area contributed by atoms with Gasteiger partial charge in [0.1, 0.15) is 5.69 Å². The number of nitrogens with zero attached hydrogens (tertiary/aromatic N) is 3. The zero-order valence-corrected chi connectivity index (χ0v) is 21.9. The van der Waals surface area contributed by atoms with E-state index in [1.807, 2.05) is 0 Å². The van der Waals surface area contributed by atoms with Crippen molar-refractivity contribution in [3.05, 3.63) is 102 Å². The van der Waals surface area contributed by atoms with E-state index in [9.17, 15) is 28.8 Å². The summed E-state index contributed by atoms with van der Waals surface area (Å²) in [6, 6.07) is 12.3. The van der Waals surface area contributed by atoms with Crippen LogP contribution in [0.25, 0.3) is 0 Å². The van der Waals surface area contributed by atoms with Gasteiger partial charge in [0, 0.05) is 0 Å². The van der Waals surface area contributed by atoms with E-state index in [2.05, 4.69) is 21.2 Å². The Kier molecular flexibility index (Phi) is 5.24. The van der Waals surface area contributed by atoms with Crippen molar-refractivity contribution in [2.24, 2.45) is 0 Å². The minimum Gasteiger partial charge on any atom is -0.324 e. The number of benzene rings is 2. The summed E-state index contributed by atoms with van der Waals surface area (Å²) >= 11 is 9.48. The van der Waals surface area contributed by atoms with Crippen LogP contribution in [0.5, 0.6) is 0 Å². The molecule has 10 nitrogen and oxygen atoms in total. The lowest BCUT2D eigenvalue weighted by molar-refractivity contribution is 0.0422. The average Bonchev–Trinajstić information content (AvgIpc) is 3.40. The lowest BCUT2D eigenvalue weighted by Crippen LogP contribution is -2.62. The molecule has 4 heterocycles. The number of imide groups is 2. The molecule has 38 heavy (non-hydrogen) atoms. The lowest BCUT2D eigenvalue weighted by atomic mass is 10.1. The average molecular weight is 596 g/mol. The number of aromatic nitrogens is 1. The Bertz CT molecular complexity index is 1700. The molecule has 3 aliphatic rings. The van der Waals surface area contributed by atoms with Crippen LogP contribution in [0.2, 0.25) is 5.02 Å². The molecule has 6 rings (SSSR count). The van der Waals surface area contributed by atoms with Crippen molar-refractivity contribution in [3.8, 4) is 0 Å². The van der Waals surface area contributed by atoms with Gasteiger partial charge in [-0.2, -0.15) is 0 Å². The fraction of sp³-hybridized carbons (Fsp3) is 0.154. The van der Waals surface area contributed by atoms with Gasteiger partial charge in [-0.15, -0.1) is 0 Å². The van der Waals surface area contributed by atoms with Gasteiger partial charge in [0.25, 0.3) is 35.1 Å². The molecule has 3 aromatic rings. The van der Waals surface area contributed by atoms with Crippen LogP contribution in [0, 0.1) is 6.92 Å². The van der Waals surface area contributed by atoms with E-state index in [0.29, 0.717) is 0 Å². The van der Waals surface area contributed by atoms with Crippen LogP contribution < -0.4 is 10.9 Å². The highest BCUT2D eigenvalue weighted by Gasteiger charge is 2.53. The summed E-state index contributed by atoms with van der Waals surface area (Å²) in [5.74, 6) is -3.31. The number of fused-ring (bicyclic) bond motifs is 3. The van der Waals surface area contributed by atoms with Gasteiger partial charge >= 0.3 is 0 Å². The number of nitrogens with one attached hydrogen (secondary N) is 1. The summed E-state index contributed by atoms with van der Waals surface area (Å²) in [5.41, 5.74) is -1.39. The smallest absolute Gasteiger partial charge is 0.271 e. The molecule has 190 valence electrons. The molecule has 12 heteroatoms. The van der Waals surface area contributed by atoms with Gasteiger partial charge in [-0.1, -0.05) is 35.4 Å². The molecule has 0 bridgehead atoms. The number of pyridine rings is 1. The Morgan fingerprint density at radius 1 is 0.789 bits per heavy atom. The second kappa shape index (κ2) is 8.20. The Balaban J connectivity index is 1.51. The first-order valence-corrected chi connectivity index (χ1v) is 12.6. The SMILES string of the molecule is Cc1ccc2c(c1)C(=O)N(CC1(CN3C(=O)c4ccccc4C3=O)NC(=O)c3c(Cl)cc(Br)c(=O)n31)C2=O. The standard InChI is InChI=1S/C26H16BrClN4O6/c1-12-6-7-15-16(8-12)24(37)31(23(15)36)11-26(10-30-21(34)13-4-2-3-5-14(13)22(30)35)29-20(33)19-18(28)9-17(27)25(38)32(19)26/h2-9H,10-11H2,1H3,(H,29,33). The monoisotopic (exact) mass is 594 g/mol. The van der Waals surface area contributed by atoms with Gasteiger partial charge in [0.2, 0.25) is 0 Å². The zero-order valence-electron chi connectivity index (χ0n) is 19.6. The van der Waals surface area contributed by atoms with Crippen LogP contribution >= 0.6 is 27.5 Å². The highest BCUT2D eigenvalue weighted by atomic mass is 79.9. The predicted molar refractivity (Wildman–Crippen MR) is 137 cm³/mol. The van der Waals surface area contributed by atoms with E-state index in [4.69, 9.17) is 11.6 Å². The third-order valence-corrected chi connectivity index (χ3v) is 7.80. The van der Waals surface area contributed by atoms with Gasteiger partial charge in [-0.3, -0.25) is 43.1 Å². The molecular weight excluding hydrogens is 580 g/mol. The van der Waals surface area contributed by atoms with Crippen LogP contribution in [-0.4, -0.2) is 57.0 Å². The molecule has 0 fully saturated rings. The molecule has 1 N–H and O–H groups in total. The van der Waals surface area contributed by atoms with Crippen molar-refractivity contribution in [2.45, 2.75) is 12.6 Å². The maximum atomic E-state index is 13.4. The first-order chi connectivity index (χ1) is 18.0. The molecule has 0 radical (unpaired) electrons. The van der Waals surface area contributed by atoms with Crippen molar-refractivity contribution in [2.75, 3.05) is 13.1 Å². The number of carbonyl (C=O) groups is 5. The summed E-state index contributed by atoms with van der Waals surface area (Å²) in [5, 5.41) is 2.60. The fourth-order valence-electron chi connectivity index (χ4n) is 5.23. The first kappa shape index (κ1) is 24.3. The molecule has 5 amide bonds. The molecule has 3 aliphatic heterocycles. The topological polar surface area (TPSA) is 126 Å². The quantitative estimate of drug-likeness (QED) is 0.462. The molecule has 1 atom stereocenters. The van der Waals surface area contributed by atoms with Gasteiger partial charge in [-0.25, -0.2) is 0 Å². The maximum Gasteiger partial charge on any atom is 0.271 e. The second-order valence-corrected chi connectivity index (χ2v) is 10.6. The van der Waals surface area contributed by atoms with E-state index in [1.54, 1.807) is 31.2 Å². The number of amides is 5. The van der Waals surface area contributed by atoms with Crippen molar-refractivity contribution >= 4 is 57.1 Å². The summed E-state index contributed by atoms with van der Waals surface area (Å²) in [6.07, 6.45) is 0. The molecule has 0 aliphatic carbocycles. The highest BCUT2D eigenvalue weighted by molar-refractivity contribution is 9.10. The van der Waals surface area contributed by atoms with E-state index in [1.165, 1.54) is 24.3 Å². The summed E-state index contributed by atoms with van der Waals surface area (Å²) in [7, 11) is 0. The van der Waals surface area contributed by atoms with Crippen LogP contribution in [0.3, 0.4) is 0 Å². The number of hydrogen-bond acceptors (Lipinski definition) is 6. The number of carbonyl (C=O) groups excluding carboxylic acids is 5. The Hall–Kier alpha value is -4.09. The largest absolute Gasteiger partial charge is 0.324 e. The number of hydrogen-bond donors (Lipinski definition) is 1. The fourth-order valence-corrected chi connectivity index (χ4v) is 6.04. The molecule has 0 spiro atoms. The minimum atomic E-state index is -1.90. The number of rotatable bonds is 4. The number of aryl methyl sites for hydroxylation is 1. The maximum absolute atomic E-state index is 13.4. The molecule has 1 aromatic heterocycles. The van der Waals surface area contributed by atoms with Gasteiger partial charge in [0.05, 0.1) is 44.8 Å². The minimum absolute atomic E-state index is 0.00692. The van der Waals surface area contributed by atoms with Crippen molar-refractivity contribution in [3.63, 3.8) is 0 Å². The summed E-state index contributed by atoms with van der Waals surface area (Å²) in [6.45, 7) is 0.686. The van der Waals surface area contributed by atoms with Crippen molar-refractivity contribution < 1.29 is 24.0 Å². The molecule has 2 aromatic carbocycles. The molecular formula is C26H16BrClN4O6. The third kappa shape index (κ3) is 3.25. The number of halogens is 2. The first-order valence-electron chi connectivity index (χ1n) is 11.4. The molecule has 1 unspecified atom stereocenters. The van der Waals surface area contributed by atoms with Crippen molar-refractivity contribution in [1.82, 2.24) is 19.7 Å². The van der Waals surface area contributed by atoms with Gasteiger partial charge in [-0.05, 0) is 53.2 Å². The lowest BCUT2D eigenvalue weighted by Gasteiger charge is -2.36. The Labute approximate surface area is 227 Å². The Morgan fingerprint density at radius 3 is 1.89 bits per heavy atom. The van der Waals surface area contributed by atoms with Crippen LogP contribution in [0.4, 0.5) is 0 Å². The van der Waals surface area contributed by atoms with Gasteiger partial charge < -0.3 is 5.32 Å². The summed E-state index contributed by atoms with van der Waals surface area (Å²) < 4.78 is 1.02. The van der Waals surface area contributed by atoms with Gasteiger partial charge in [0.15, 0.2) is 5.66 Å².